The van der Waals surface area contributed by atoms with Crippen molar-refractivity contribution in [2.45, 2.75) is 11.8 Å². The second-order valence-electron chi connectivity index (χ2n) is 5.49. The van der Waals surface area contributed by atoms with Gasteiger partial charge in [-0.1, -0.05) is 60.7 Å². The monoisotopic (exact) mass is 300 g/mol. The maximum Gasteiger partial charge on any atom is 0.180 e. The summed E-state index contributed by atoms with van der Waals surface area (Å²) in [4.78, 5) is 0. The molecule has 0 bridgehead atoms. The summed E-state index contributed by atoms with van der Waals surface area (Å²) in [6, 6.07) is 25.6. The first-order chi connectivity index (χ1) is 11.2. The lowest BCUT2D eigenvalue weighted by Gasteiger charge is -2.27. The molecule has 0 fully saturated rings. The zero-order chi connectivity index (χ0) is 16.1. The van der Waals surface area contributed by atoms with Crippen LogP contribution in [0.1, 0.15) is 16.7 Å². The molecule has 23 heavy (non-hydrogen) atoms. The third-order valence-electron chi connectivity index (χ3n) is 4.06. The van der Waals surface area contributed by atoms with Crippen molar-refractivity contribution in [1.82, 2.24) is 0 Å². The van der Waals surface area contributed by atoms with E-state index in [4.69, 9.17) is 0 Å². The third kappa shape index (κ3) is 2.93. The van der Waals surface area contributed by atoms with Crippen LogP contribution < -0.4 is 4.73 Å². The predicted molar refractivity (Wildman–Crippen MR) is 88.4 cm³/mol. The summed E-state index contributed by atoms with van der Waals surface area (Å²) in [6.07, 6.45) is 3.43. The zero-order valence-corrected chi connectivity index (χ0v) is 12.6. The van der Waals surface area contributed by atoms with Crippen LogP contribution in [0, 0.1) is 16.5 Å². The van der Waals surface area contributed by atoms with Crippen molar-refractivity contribution in [3.8, 4) is 6.07 Å². The van der Waals surface area contributed by atoms with Gasteiger partial charge in [-0.05, 0) is 23.1 Å². The van der Waals surface area contributed by atoms with Gasteiger partial charge in [-0.15, -0.1) is 0 Å². The molecule has 0 aliphatic heterocycles. The molecule has 1 aromatic heterocycles. The fourth-order valence-corrected chi connectivity index (χ4v) is 2.86. The van der Waals surface area contributed by atoms with E-state index in [2.05, 4.69) is 6.07 Å². The van der Waals surface area contributed by atoms with Crippen molar-refractivity contribution in [3.63, 3.8) is 0 Å². The van der Waals surface area contributed by atoms with Gasteiger partial charge >= 0.3 is 0 Å². The van der Waals surface area contributed by atoms with Gasteiger partial charge < -0.3 is 5.21 Å². The molecule has 3 heteroatoms. The molecule has 0 N–H and O–H groups in total. The largest absolute Gasteiger partial charge is 0.619 e. The molecule has 3 nitrogen and oxygen atoms in total. The van der Waals surface area contributed by atoms with Crippen LogP contribution in [0.5, 0.6) is 0 Å². The van der Waals surface area contributed by atoms with Crippen LogP contribution in [-0.4, -0.2) is 0 Å². The SMILES string of the molecule is N#C[C@](Cc1ccccc1)(c1ccccc1)c1cc[n+]([O-])cc1. The van der Waals surface area contributed by atoms with Gasteiger partial charge in [0.1, 0.15) is 5.41 Å². The molecule has 2 aromatic carbocycles. The predicted octanol–water partition coefficient (Wildman–Crippen LogP) is 3.37. The number of rotatable bonds is 4. The van der Waals surface area contributed by atoms with E-state index in [-0.39, 0.29) is 0 Å². The van der Waals surface area contributed by atoms with Crippen LogP contribution in [0.25, 0.3) is 0 Å². The Morgan fingerprint density at radius 3 is 1.91 bits per heavy atom. The first-order valence-electron chi connectivity index (χ1n) is 7.45. The Labute approximate surface area is 135 Å². The van der Waals surface area contributed by atoms with E-state index in [1.807, 2.05) is 60.7 Å². The molecule has 3 rings (SSSR count). The Hall–Kier alpha value is -3.12. The number of aromatic nitrogens is 1. The standard InChI is InChI=1S/C20H16N2O/c21-16-20(18-9-5-2-6-10-18,15-17-7-3-1-4-8-17)19-11-13-22(23)14-12-19/h1-14H,15H2/t20-/m1/s1. The summed E-state index contributed by atoms with van der Waals surface area (Å²) in [5.41, 5.74) is 2.01. The van der Waals surface area contributed by atoms with Gasteiger partial charge in [-0.25, -0.2) is 0 Å². The molecule has 0 aliphatic rings. The van der Waals surface area contributed by atoms with Gasteiger partial charge in [-0.2, -0.15) is 9.99 Å². The number of pyridine rings is 1. The molecule has 0 radical (unpaired) electrons. The second kappa shape index (κ2) is 6.33. The van der Waals surface area contributed by atoms with E-state index in [1.54, 1.807) is 12.1 Å². The lowest BCUT2D eigenvalue weighted by molar-refractivity contribution is -0.605. The molecule has 0 amide bonds. The van der Waals surface area contributed by atoms with Crippen molar-refractivity contribution in [2.75, 3.05) is 0 Å². The summed E-state index contributed by atoms with van der Waals surface area (Å²) in [5, 5.41) is 21.4. The highest BCUT2D eigenvalue weighted by molar-refractivity contribution is 5.47. The summed E-state index contributed by atoms with van der Waals surface area (Å²) in [7, 11) is 0. The molecule has 3 aromatic rings. The molecule has 1 heterocycles. The van der Waals surface area contributed by atoms with E-state index in [9.17, 15) is 10.5 Å². The van der Waals surface area contributed by atoms with Crippen LogP contribution in [0.3, 0.4) is 0 Å². The smallest absolute Gasteiger partial charge is 0.180 e. The summed E-state index contributed by atoms with van der Waals surface area (Å²) >= 11 is 0. The fraction of sp³-hybridized carbons (Fsp3) is 0.100. The van der Waals surface area contributed by atoms with Crippen LogP contribution in [-0.2, 0) is 11.8 Å². The molecule has 1 atom stereocenters. The maximum atomic E-state index is 11.4. The Morgan fingerprint density at radius 1 is 0.826 bits per heavy atom. The van der Waals surface area contributed by atoms with Gasteiger partial charge in [0.15, 0.2) is 12.4 Å². The molecule has 112 valence electrons. The van der Waals surface area contributed by atoms with Crippen LogP contribution >= 0.6 is 0 Å². The minimum Gasteiger partial charge on any atom is -0.619 e. The van der Waals surface area contributed by atoms with Crippen molar-refractivity contribution >= 4 is 0 Å². The molecular formula is C20H16N2O. The van der Waals surface area contributed by atoms with Gasteiger partial charge in [0.05, 0.1) is 6.07 Å². The second-order valence-corrected chi connectivity index (χ2v) is 5.49. The molecule has 0 unspecified atom stereocenters. The van der Waals surface area contributed by atoms with Crippen LogP contribution in [0.2, 0.25) is 0 Å². The quantitative estimate of drug-likeness (QED) is 0.548. The molecule has 0 saturated heterocycles. The van der Waals surface area contributed by atoms with E-state index in [0.29, 0.717) is 6.42 Å². The molecule has 0 saturated carbocycles. The topological polar surface area (TPSA) is 50.7 Å². The average molecular weight is 300 g/mol. The minimum absolute atomic E-state index is 0.553. The highest BCUT2D eigenvalue weighted by atomic mass is 16.5. The normalized spacial score (nSPS) is 13.0. The van der Waals surface area contributed by atoms with Crippen LogP contribution in [0.15, 0.2) is 85.2 Å². The first-order valence-corrected chi connectivity index (χ1v) is 7.45. The third-order valence-corrected chi connectivity index (χ3v) is 4.06. The number of hydrogen-bond acceptors (Lipinski definition) is 2. The molecule has 0 spiro atoms. The van der Waals surface area contributed by atoms with Crippen LogP contribution in [0.4, 0.5) is 0 Å². The molecular weight excluding hydrogens is 284 g/mol. The number of benzene rings is 2. The minimum atomic E-state index is -0.823. The maximum absolute atomic E-state index is 11.4. The number of hydrogen-bond donors (Lipinski definition) is 0. The Balaban J connectivity index is 2.16. The summed E-state index contributed by atoms with van der Waals surface area (Å²) in [5.74, 6) is 0. The lowest BCUT2D eigenvalue weighted by Crippen LogP contribution is -2.31. The van der Waals surface area contributed by atoms with Gasteiger partial charge in [-0.3, -0.25) is 0 Å². The Kier molecular flexibility index (Phi) is 4.07. The van der Waals surface area contributed by atoms with Crippen molar-refractivity contribution in [1.29, 1.82) is 5.26 Å². The van der Waals surface area contributed by atoms with Crippen molar-refractivity contribution in [3.05, 3.63) is 107 Å². The van der Waals surface area contributed by atoms with E-state index < -0.39 is 5.41 Å². The highest BCUT2D eigenvalue weighted by Crippen LogP contribution is 2.35. The number of nitriles is 1. The average Bonchev–Trinajstić information content (AvgIpc) is 2.62. The van der Waals surface area contributed by atoms with Crippen molar-refractivity contribution in [2.24, 2.45) is 0 Å². The van der Waals surface area contributed by atoms with Crippen molar-refractivity contribution < 1.29 is 4.73 Å². The number of nitrogens with zero attached hydrogens (tertiary/aromatic N) is 2. The van der Waals surface area contributed by atoms with E-state index in [1.165, 1.54) is 12.4 Å². The summed E-state index contributed by atoms with van der Waals surface area (Å²) < 4.78 is 0.735. The fourth-order valence-electron chi connectivity index (χ4n) is 2.86. The highest BCUT2D eigenvalue weighted by Gasteiger charge is 2.35. The van der Waals surface area contributed by atoms with E-state index >= 15 is 0 Å². The van der Waals surface area contributed by atoms with Gasteiger partial charge in [0.2, 0.25) is 0 Å². The Bertz CT molecular complexity index is 808. The first kappa shape index (κ1) is 14.8. The van der Waals surface area contributed by atoms with Gasteiger partial charge in [0.25, 0.3) is 0 Å². The molecule has 0 aliphatic carbocycles. The Morgan fingerprint density at radius 2 is 1.35 bits per heavy atom. The lowest BCUT2D eigenvalue weighted by atomic mass is 9.72. The zero-order valence-electron chi connectivity index (χ0n) is 12.6. The van der Waals surface area contributed by atoms with E-state index in [0.717, 1.165) is 21.4 Å². The summed E-state index contributed by atoms with van der Waals surface area (Å²) in [6.45, 7) is 0. The van der Waals surface area contributed by atoms with Gasteiger partial charge in [0, 0.05) is 12.1 Å².